The normalized spacial score (nSPS) is 13.2. The number of imidazole rings is 1. The lowest BCUT2D eigenvalue weighted by atomic mass is 10.2. The Morgan fingerprint density at radius 2 is 2.29 bits per heavy atom. The minimum Gasteiger partial charge on any atom is -0.393 e. The number of halogens is 2. The number of aryl methyl sites for hydroxylation is 1. The number of nitrogens with zero attached hydrogens (tertiary/aromatic N) is 2. The Balaban J connectivity index is 2.23. The molecule has 0 aromatic carbocycles. The van der Waals surface area contributed by atoms with Crippen LogP contribution in [0.3, 0.4) is 0 Å². The molecule has 0 aliphatic carbocycles. The lowest BCUT2D eigenvalue weighted by Crippen LogP contribution is -2.17. The highest BCUT2D eigenvalue weighted by Gasteiger charge is 2.10. The van der Waals surface area contributed by atoms with Gasteiger partial charge in [0.1, 0.15) is 12.4 Å². The van der Waals surface area contributed by atoms with Crippen LogP contribution in [0.15, 0.2) is 12.4 Å². The van der Waals surface area contributed by atoms with E-state index in [1.54, 1.807) is 6.20 Å². The predicted molar refractivity (Wildman–Crippen MR) is 59.1 cm³/mol. The standard InChI is InChI=1S/C11H18F2N2O2/c1-2-15-5-4-14-11(15)7-9(16)3-6-17-8-10(12)13/h4-5,9-10,16H,2-3,6-8H2,1H3. The van der Waals surface area contributed by atoms with Crippen molar-refractivity contribution in [2.45, 2.75) is 38.8 Å². The Morgan fingerprint density at radius 1 is 1.53 bits per heavy atom. The zero-order valence-electron chi connectivity index (χ0n) is 9.85. The average Bonchev–Trinajstić information content (AvgIpc) is 2.71. The van der Waals surface area contributed by atoms with Crippen LogP contribution in [0.2, 0.25) is 0 Å². The molecular weight excluding hydrogens is 230 g/mol. The molecule has 1 rings (SSSR count). The summed E-state index contributed by atoms with van der Waals surface area (Å²) >= 11 is 0. The molecule has 1 aromatic rings. The monoisotopic (exact) mass is 248 g/mol. The Morgan fingerprint density at radius 3 is 2.94 bits per heavy atom. The van der Waals surface area contributed by atoms with Crippen molar-refractivity contribution >= 4 is 0 Å². The molecule has 98 valence electrons. The lowest BCUT2D eigenvalue weighted by Gasteiger charge is -2.11. The van der Waals surface area contributed by atoms with E-state index in [0.717, 1.165) is 12.4 Å². The molecule has 6 heteroatoms. The Kier molecular flexibility index (Phi) is 6.07. The van der Waals surface area contributed by atoms with Crippen molar-refractivity contribution in [2.75, 3.05) is 13.2 Å². The van der Waals surface area contributed by atoms with E-state index in [-0.39, 0.29) is 6.61 Å². The van der Waals surface area contributed by atoms with Gasteiger partial charge in [-0.3, -0.25) is 0 Å². The molecule has 0 spiro atoms. The minimum atomic E-state index is -2.45. The van der Waals surface area contributed by atoms with Gasteiger partial charge in [-0.05, 0) is 13.3 Å². The summed E-state index contributed by atoms with van der Waals surface area (Å²) in [6, 6.07) is 0. The Hall–Kier alpha value is -1.01. The molecule has 0 aliphatic rings. The highest BCUT2D eigenvalue weighted by atomic mass is 19.3. The zero-order valence-corrected chi connectivity index (χ0v) is 9.85. The summed E-state index contributed by atoms with van der Waals surface area (Å²) in [6.07, 6.45) is 1.21. The SMILES string of the molecule is CCn1ccnc1CC(O)CCOCC(F)F. The molecule has 17 heavy (non-hydrogen) atoms. The summed E-state index contributed by atoms with van der Waals surface area (Å²) in [5, 5.41) is 9.69. The van der Waals surface area contributed by atoms with Crippen LogP contribution in [0, 0.1) is 0 Å². The van der Waals surface area contributed by atoms with Crippen LogP contribution in [0.1, 0.15) is 19.2 Å². The second kappa shape index (κ2) is 7.34. The van der Waals surface area contributed by atoms with Crippen LogP contribution in [0.25, 0.3) is 0 Å². The van der Waals surface area contributed by atoms with Gasteiger partial charge in [-0.1, -0.05) is 0 Å². The second-order valence-electron chi connectivity index (χ2n) is 3.74. The van der Waals surface area contributed by atoms with Gasteiger partial charge in [0.05, 0.1) is 6.10 Å². The van der Waals surface area contributed by atoms with Gasteiger partial charge in [-0.2, -0.15) is 0 Å². The molecule has 1 atom stereocenters. The van der Waals surface area contributed by atoms with E-state index in [1.165, 1.54) is 0 Å². The van der Waals surface area contributed by atoms with Gasteiger partial charge in [0.15, 0.2) is 0 Å². The topological polar surface area (TPSA) is 47.3 Å². The van der Waals surface area contributed by atoms with E-state index in [1.807, 2.05) is 17.7 Å². The molecular formula is C11H18F2N2O2. The number of aliphatic hydroxyl groups is 1. The summed E-state index contributed by atoms with van der Waals surface area (Å²) in [5.41, 5.74) is 0. The van der Waals surface area contributed by atoms with E-state index < -0.39 is 19.1 Å². The fourth-order valence-electron chi connectivity index (χ4n) is 1.52. The van der Waals surface area contributed by atoms with Crippen LogP contribution < -0.4 is 0 Å². The Bertz CT molecular complexity index is 318. The van der Waals surface area contributed by atoms with E-state index in [9.17, 15) is 13.9 Å². The van der Waals surface area contributed by atoms with E-state index >= 15 is 0 Å². The molecule has 0 fully saturated rings. The first-order valence-corrected chi connectivity index (χ1v) is 5.67. The fourth-order valence-corrected chi connectivity index (χ4v) is 1.52. The van der Waals surface area contributed by atoms with Crippen LogP contribution in [0.5, 0.6) is 0 Å². The van der Waals surface area contributed by atoms with Gasteiger partial charge in [-0.25, -0.2) is 13.8 Å². The quantitative estimate of drug-likeness (QED) is 0.709. The van der Waals surface area contributed by atoms with E-state index in [0.29, 0.717) is 12.8 Å². The Labute approximate surface area is 99.2 Å². The van der Waals surface area contributed by atoms with Crippen molar-refractivity contribution in [3.05, 3.63) is 18.2 Å². The number of hydrogen-bond donors (Lipinski definition) is 1. The summed E-state index contributed by atoms with van der Waals surface area (Å²) in [5.74, 6) is 0.800. The molecule has 4 nitrogen and oxygen atoms in total. The van der Waals surface area contributed by atoms with Crippen molar-refractivity contribution in [3.8, 4) is 0 Å². The largest absolute Gasteiger partial charge is 0.393 e. The van der Waals surface area contributed by atoms with Gasteiger partial charge >= 0.3 is 0 Å². The lowest BCUT2D eigenvalue weighted by molar-refractivity contribution is 0.00488. The first-order chi connectivity index (χ1) is 8.13. The third-order valence-electron chi connectivity index (χ3n) is 2.40. The third kappa shape index (κ3) is 5.23. The average molecular weight is 248 g/mol. The number of aliphatic hydroxyl groups excluding tert-OH is 1. The zero-order chi connectivity index (χ0) is 12.7. The molecule has 0 saturated carbocycles. The summed E-state index contributed by atoms with van der Waals surface area (Å²) < 4.78 is 30.2. The molecule has 0 saturated heterocycles. The van der Waals surface area contributed by atoms with Crippen molar-refractivity contribution < 1.29 is 18.6 Å². The molecule has 1 heterocycles. The van der Waals surface area contributed by atoms with Crippen molar-refractivity contribution in [2.24, 2.45) is 0 Å². The first-order valence-electron chi connectivity index (χ1n) is 5.67. The summed E-state index contributed by atoms with van der Waals surface area (Å²) in [4.78, 5) is 4.13. The first kappa shape index (κ1) is 14.1. The minimum absolute atomic E-state index is 0.137. The van der Waals surface area contributed by atoms with Gasteiger partial charge in [0.25, 0.3) is 6.43 Å². The van der Waals surface area contributed by atoms with E-state index in [4.69, 9.17) is 4.74 Å². The van der Waals surface area contributed by atoms with Crippen LogP contribution >= 0.6 is 0 Å². The smallest absolute Gasteiger partial charge is 0.261 e. The maximum absolute atomic E-state index is 11.8. The van der Waals surface area contributed by atoms with Gasteiger partial charge in [-0.15, -0.1) is 0 Å². The van der Waals surface area contributed by atoms with Crippen LogP contribution in [-0.2, 0) is 17.7 Å². The van der Waals surface area contributed by atoms with Crippen molar-refractivity contribution in [3.63, 3.8) is 0 Å². The maximum atomic E-state index is 11.8. The summed E-state index contributed by atoms with van der Waals surface area (Å²) in [6.45, 7) is 2.35. The summed E-state index contributed by atoms with van der Waals surface area (Å²) in [7, 11) is 0. The number of ether oxygens (including phenoxy) is 1. The molecule has 1 aromatic heterocycles. The predicted octanol–water partition coefficient (Wildman–Crippen LogP) is 1.48. The van der Waals surface area contributed by atoms with Crippen LogP contribution in [-0.4, -0.2) is 40.4 Å². The number of aromatic nitrogens is 2. The van der Waals surface area contributed by atoms with Gasteiger partial charge in [0, 0.05) is 32.0 Å². The molecule has 0 bridgehead atoms. The fraction of sp³-hybridized carbons (Fsp3) is 0.727. The highest BCUT2D eigenvalue weighted by molar-refractivity contribution is 4.93. The molecule has 0 aliphatic heterocycles. The van der Waals surface area contributed by atoms with Gasteiger partial charge < -0.3 is 14.4 Å². The third-order valence-corrected chi connectivity index (χ3v) is 2.40. The number of rotatable bonds is 8. The van der Waals surface area contributed by atoms with Crippen LogP contribution in [0.4, 0.5) is 8.78 Å². The molecule has 1 unspecified atom stereocenters. The van der Waals surface area contributed by atoms with Crippen molar-refractivity contribution in [1.82, 2.24) is 9.55 Å². The highest BCUT2D eigenvalue weighted by Crippen LogP contribution is 2.05. The maximum Gasteiger partial charge on any atom is 0.261 e. The number of alkyl halides is 2. The number of hydrogen-bond acceptors (Lipinski definition) is 3. The van der Waals surface area contributed by atoms with Crippen molar-refractivity contribution in [1.29, 1.82) is 0 Å². The molecule has 1 N–H and O–H groups in total. The van der Waals surface area contributed by atoms with E-state index in [2.05, 4.69) is 4.98 Å². The van der Waals surface area contributed by atoms with Gasteiger partial charge in [0.2, 0.25) is 0 Å². The second-order valence-corrected chi connectivity index (χ2v) is 3.74. The molecule has 0 amide bonds. The molecule has 0 radical (unpaired) electrons.